The second-order valence-electron chi connectivity index (χ2n) is 4.52. The van der Waals surface area contributed by atoms with Crippen LogP contribution < -0.4 is 0 Å². The molecule has 0 aliphatic rings. The van der Waals surface area contributed by atoms with Crippen LogP contribution in [-0.2, 0) is 0 Å². The molecule has 3 heteroatoms. The van der Waals surface area contributed by atoms with Gasteiger partial charge in [0.05, 0.1) is 0 Å². The molecule has 0 spiro atoms. The summed E-state index contributed by atoms with van der Waals surface area (Å²) in [4.78, 5) is 0. The fraction of sp³-hybridized carbons (Fsp3) is 0.714. The zero-order valence-electron chi connectivity index (χ0n) is 11.7. The first-order valence-corrected chi connectivity index (χ1v) is 5.92. The van der Waals surface area contributed by atoms with Crippen molar-refractivity contribution in [3.63, 3.8) is 0 Å². The summed E-state index contributed by atoms with van der Waals surface area (Å²) < 4.78 is 36.0. The smallest absolute Gasteiger partial charge is 0.116 e. The molecule has 4 atom stereocenters. The zero-order chi connectivity index (χ0) is 14.0. The van der Waals surface area contributed by atoms with Gasteiger partial charge < -0.3 is 0 Å². The quantitative estimate of drug-likeness (QED) is 0.601. The van der Waals surface area contributed by atoms with Crippen LogP contribution in [0.2, 0.25) is 0 Å². The van der Waals surface area contributed by atoms with E-state index < -0.39 is 18.5 Å². The highest BCUT2D eigenvalue weighted by atomic mass is 19.1. The van der Waals surface area contributed by atoms with Crippen LogP contribution in [0.1, 0.15) is 41.5 Å². The van der Waals surface area contributed by atoms with Crippen LogP contribution in [0.3, 0.4) is 0 Å². The molecule has 0 heterocycles. The van der Waals surface area contributed by atoms with Crippen LogP contribution in [-0.4, -0.2) is 18.5 Å². The summed E-state index contributed by atoms with van der Waals surface area (Å²) in [7, 11) is 0. The Balaban J connectivity index is 0. The Hall–Kier alpha value is -0.730. The van der Waals surface area contributed by atoms with Crippen molar-refractivity contribution in [2.45, 2.75) is 60.1 Å². The average molecular weight is 250 g/mol. The molecular formula is C14H25F3. The van der Waals surface area contributed by atoms with Crippen LogP contribution in [0.25, 0.3) is 0 Å². The first-order valence-electron chi connectivity index (χ1n) is 5.92. The SMILES string of the molecule is CC(C)=CC(C)C(C)F.CC(F)C=CC(C)F. The minimum absolute atomic E-state index is 0.0648. The monoisotopic (exact) mass is 250 g/mol. The topological polar surface area (TPSA) is 0 Å². The third-order valence-electron chi connectivity index (χ3n) is 1.96. The van der Waals surface area contributed by atoms with Crippen molar-refractivity contribution in [3.05, 3.63) is 23.8 Å². The summed E-state index contributed by atoms with van der Waals surface area (Å²) >= 11 is 0. The molecule has 0 aromatic carbocycles. The molecule has 17 heavy (non-hydrogen) atoms. The van der Waals surface area contributed by atoms with Crippen molar-refractivity contribution in [2.75, 3.05) is 0 Å². The second-order valence-corrected chi connectivity index (χ2v) is 4.52. The third kappa shape index (κ3) is 17.9. The van der Waals surface area contributed by atoms with Crippen molar-refractivity contribution in [2.24, 2.45) is 5.92 Å². The van der Waals surface area contributed by atoms with Gasteiger partial charge in [-0.25, -0.2) is 13.2 Å². The molecule has 0 nitrogen and oxygen atoms in total. The van der Waals surface area contributed by atoms with Gasteiger partial charge in [0.1, 0.15) is 18.5 Å². The summed E-state index contributed by atoms with van der Waals surface area (Å²) in [5.41, 5.74) is 1.19. The molecule has 0 saturated heterocycles. The first kappa shape index (κ1) is 18.6. The molecule has 4 unspecified atom stereocenters. The standard InChI is InChI=1S/C8H15F.C6H10F2/c1-6(2)5-7(3)8(4)9;1-5(7)3-4-6(2)8/h5,7-8H,1-4H3;3-6H,1-2H3. The van der Waals surface area contributed by atoms with Gasteiger partial charge in [0.25, 0.3) is 0 Å². The highest BCUT2D eigenvalue weighted by Crippen LogP contribution is 2.09. The van der Waals surface area contributed by atoms with E-state index in [1.54, 1.807) is 6.92 Å². The third-order valence-corrected chi connectivity index (χ3v) is 1.96. The lowest BCUT2D eigenvalue weighted by Crippen LogP contribution is -2.04. The van der Waals surface area contributed by atoms with Gasteiger partial charge in [-0.05, 0) is 34.6 Å². The molecule has 0 aromatic rings. The lowest BCUT2D eigenvalue weighted by Gasteiger charge is -2.06. The molecule has 0 saturated carbocycles. The highest BCUT2D eigenvalue weighted by Gasteiger charge is 2.05. The van der Waals surface area contributed by atoms with Gasteiger partial charge in [-0.3, -0.25) is 0 Å². The average Bonchev–Trinajstić information content (AvgIpc) is 2.14. The fourth-order valence-corrected chi connectivity index (χ4v) is 0.965. The Morgan fingerprint density at radius 3 is 1.29 bits per heavy atom. The maximum atomic E-state index is 12.4. The maximum Gasteiger partial charge on any atom is 0.116 e. The van der Waals surface area contributed by atoms with Gasteiger partial charge in [-0.2, -0.15) is 0 Å². The largest absolute Gasteiger partial charge is 0.247 e. The number of hydrogen-bond donors (Lipinski definition) is 0. The van der Waals surface area contributed by atoms with E-state index in [4.69, 9.17) is 0 Å². The van der Waals surface area contributed by atoms with Gasteiger partial charge in [-0.1, -0.05) is 30.7 Å². The van der Waals surface area contributed by atoms with E-state index in [-0.39, 0.29) is 5.92 Å². The number of allylic oxidation sites excluding steroid dienone is 4. The lowest BCUT2D eigenvalue weighted by molar-refractivity contribution is 0.300. The number of halogens is 3. The fourth-order valence-electron chi connectivity index (χ4n) is 0.965. The molecule has 0 fully saturated rings. The van der Waals surface area contributed by atoms with Gasteiger partial charge >= 0.3 is 0 Å². The van der Waals surface area contributed by atoms with Crippen molar-refractivity contribution >= 4 is 0 Å². The van der Waals surface area contributed by atoms with E-state index in [0.717, 1.165) is 0 Å². The van der Waals surface area contributed by atoms with Crippen molar-refractivity contribution in [1.29, 1.82) is 0 Å². The molecule has 0 aliphatic heterocycles. The number of rotatable bonds is 4. The maximum absolute atomic E-state index is 12.4. The summed E-state index contributed by atoms with van der Waals surface area (Å²) in [5, 5.41) is 0. The van der Waals surface area contributed by atoms with Crippen molar-refractivity contribution in [1.82, 2.24) is 0 Å². The summed E-state index contributed by atoms with van der Waals surface area (Å²) in [6.07, 6.45) is 1.56. The molecular weight excluding hydrogens is 225 g/mol. The van der Waals surface area contributed by atoms with Gasteiger partial charge in [0, 0.05) is 5.92 Å². The first-order chi connectivity index (χ1) is 7.66. The Morgan fingerprint density at radius 2 is 1.18 bits per heavy atom. The summed E-state index contributed by atoms with van der Waals surface area (Å²) in [6.45, 7) is 10.2. The predicted molar refractivity (Wildman–Crippen MR) is 69.4 cm³/mol. The van der Waals surface area contributed by atoms with E-state index in [9.17, 15) is 13.2 Å². The molecule has 102 valence electrons. The van der Waals surface area contributed by atoms with Crippen LogP contribution in [0, 0.1) is 5.92 Å². The molecule has 0 radical (unpaired) electrons. The van der Waals surface area contributed by atoms with Crippen LogP contribution >= 0.6 is 0 Å². The second kappa shape index (κ2) is 10.4. The van der Waals surface area contributed by atoms with Gasteiger partial charge in [0.15, 0.2) is 0 Å². The molecule has 0 aromatic heterocycles. The normalized spacial score (nSPS) is 17.7. The number of hydrogen-bond acceptors (Lipinski definition) is 0. The number of alkyl halides is 3. The minimum atomic E-state index is -1.03. The van der Waals surface area contributed by atoms with Crippen LogP contribution in [0.4, 0.5) is 13.2 Å². The van der Waals surface area contributed by atoms with E-state index in [0.29, 0.717) is 0 Å². The molecule has 0 rings (SSSR count). The Bertz CT molecular complexity index is 214. The van der Waals surface area contributed by atoms with Crippen LogP contribution in [0.5, 0.6) is 0 Å². The van der Waals surface area contributed by atoms with Gasteiger partial charge in [-0.15, -0.1) is 0 Å². The summed E-state index contributed by atoms with van der Waals surface area (Å²) in [5.74, 6) is 0.0648. The van der Waals surface area contributed by atoms with E-state index in [1.165, 1.54) is 31.6 Å². The van der Waals surface area contributed by atoms with E-state index >= 15 is 0 Å². The Labute approximate surface area is 104 Å². The zero-order valence-corrected chi connectivity index (χ0v) is 11.7. The summed E-state index contributed by atoms with van der Waals surface area (Å²) in [6, 6.07) is 0. The van der Waals surface area contributed by atoms with E-state index in [2.05, 4.69) is 0 Å². The van der Waals surface area contributed by atoms with E-state index in [1.807, 2.05) is 26.8 Å². The molecule has 0 bridgehead atoms. The molecule has 0 amide bonds. The Kier molecular flexibility index (Phi) is 11.4. The van der Waals surface area contributed by atoms with Gasteiger partial charge in [0.2, 0.25) is 0 Å². The highest BCUT2D eigenvalue weighted by molar-refractivity contribution is 4.97. The Morgan fingerprint density at radius 1 is 0.824 bits per heavy atom. The molecule has 0 N–H and O–H groups in total. The van der Waals surface area contributed by atoms with Crippen molar-refractivity contribution < 1.29 is 13.2 Å². The predicted octanol–water partition coefficient (Wildman–Crippen LogP) is 5.21. The van der Waals surface area contributed by atoms with Crippen molar-refractivity contribution in [3.8, 4) is 0 Å². The minimum Gasteiger partial charge on any atom is -0.247 e. The lowest BCUT2D eigenvalue weighted by atomic mass is 10.1. The molecule has 0 aliphatic carbocycles. The van der Waals surface area contributed by atoms with Crippen LogP contribution in [0.15, 0.2) is 23.8 Å².